The topological polar surface area (TPSA) is 47.8 Å². The molecule has 0 fully saturated rings. The van der Waals surface area contributed by atoms with E-state index < -0.39 is 0 Å². The maximum atomic E-state index is 10.9. The minimum absolute atomic E-state index is 0.630. The van der Waals surface area contributed by atoms with Gasteiger partial charge in [-0.1, -0.05) is 6.92 Å². The molecule has 4 heteroatoms. The molecule has 82 valence electrons. The van der Waals surface area contributed by atoms with E-state index >= 15 is 0 Å². The Morgan fingerprint density at radius 2 is 2.31 bits per heavy atom. The van der Waals surface area contributed by atoms with Crippen molar-refractivity contribution in [3.8, 4) is 5.69 Å². The highest BCUT2D eigenvalue weighted by molar-refractivity contribution is 5.80. The van der Waals surface area contributed by atoms with Crippen molar-refractivity contribution < 1.29 is 4.79 Å². The molecule has 0 spiro atoms. The van der Waals surface area contributed by atoms with Gasteiger partial charge in [0.1, 0.15) is 5.82 Å². The molecular weight excluding hydrogens is 202 g/mol. The van der Waals surface area contributed by atoms with Crippen LogP contribution in [0.2, 0.25) is 0 Å². The molecular formula is C12H13N3O. The van der Waals surface area contributed by atoms with Crippen molar-refractivity contribution >= 4 is 6.29 Å². The number of pyridine rings is 1. The predicted molar refractivity (Wildman–Crippen MR) is 60.7 cm³/mol. The number of rotatable bonds is 4. The van der Waals surface area contributed by atoms with Crippen LogP contribution < -0.4 is 0 Å². The van der Waals surface area contributed by atoms with Gasteiger partial charge in [0.25, 0.3) is 0 Å². The van der Waals surface area contributed by atoms with E-state index in [0.717, 1.165) is 30.6 Å². The molecule has 0 aliphatic heterocycles. The zero-order chi connectivity index (χ0) is 11.4. The summed E-state index contributed by atoms with van der Waals surface area (Å²) < 4.78 is 1.92. The van der Waals surface area contributed by atoms with Crippen molar-refractivity contribution in [2.24, 2.45) is 0 Å². The fraction of sp³-hybridized carbons (Fsp3) is 0.250. The van der Waals surface area contributed by atoms with Crippen molar-refractivity contribution in [3.63, 3.8) is 0 Å². The summed E-state index contributed by atoms with van der Waals surface area (Å²) in [7, 11) is 0. The van der Waals surface area contributed by atoms with Crippen LogP contribution in [0.15, 0.2) is 30.9 Å². The number of aromatic nitrogens is 3. The molecule has 0 aromatic carbocycles. The third-order valence-electron chi connectivity index (χ3n) is 2.41. The standard InChI is InChI=1S/C12H13N3O/c1-2-3-12-14-6-7-15(12)11-8-13-5-4-10(11)9-16/h4-9H,2-3H2,1H3. The maximum absolute atomic E-state index is 10.9. The Balaban J connectivity index is 2.49. The van der Waals surface area contributed by atoms with Gasteiger partial charge in [0.15, 0.2) is 6.29 Å². The molecule has 0 aliphatic rings. The highest BCUT2D eigenvalue weighted by Crippen LogP contribution is 2.14. The molecule has 0 amide bonds. The molecule has 0 radical (unpaired) electrons. The van der Waals surface area contributed by atoms with Crippen molar-refractivity contribution in [2.45, 2.75) is 19.8 Å². The first kappa shape index (κ1) is 10.5. The van der Waals surface area contributed by atoms with Gasteiger partial charge in [0.05, 0.1) is 11.9 Å². The summed E-state index contributed by atoms with van der Waals surface area (Å²) in [5.74, 6) is 0.957. The van der Waals surface area contributed by atoms with E-state index in [0.29, 0.717) is 5.56 Å². The van der Waals surface area contributed by atoms with Gasteiger partial charge in [-0.05, 0) is 12.5 Å². The van der Waals surface area contributed by atoms with Crippen LogP contribution in [-0.4, -0.2) is 20.8 Å². The maximum Gasteiger partial charge on any atom is 0.152 e. The summed E-state index contributed by atoms with van der Waals surface area (Å²) in [4.78, 5) is 19.3. The zero-order valence-corrected chi connectivity index (χ0v) is 9.13. The molecule has 4 nitrogen and oxygen atoms in total. The first-order valence-corrected chi connectivity index (χ1v) is 5.28. The third-order valence-corrected chi connectivity index (χ3v) is 2.41. The third kappa shape index (κ3) is 1.86. The molecule has 16 heavy (non-hydrogen) atoms. The Labute approximate surface area is 94.0 Å². The molecule has 2 heterocycles. The molecule has 0 unspecified atom stereocenters. The lowest BCUT2D eigenvalue weighted by molar-refractivity contribution is 0.112. The fourth-order valence-corrected chi connectivity index (χ4v) is 1.66. The molecule has 0 N–H and O–H groups in total. The van der Waals surface area contributed by atoms with Crippen LogP contribution in [0.3, 0.4) is 0 Å². The molecule has 0 saturated heterocycles. The predicted octanol–water partition coefficient (Wildman–Crippen LogP) is 2.03. The Morgan fingerprint density at radius 1 is 1.44 bits per heavy atom. The first-order chi connectivity index (χ1) is 7.86. The lowest BCUT2D eigenvalue weighted by Crippen LogP contribution is -2.03. The molecule has 2 aromatic rings. The number of aldehydes is 1. The van der Waals surface area contributed by atoms with E-state index in [1.54, 1.807) is 24.7 Å². The van der Waals surface area contributed by atoms with E-state index in [1.165, 1.54) is 0 Å². The van der Waals surface area contributed by atoms with Crippen LogP contribution in [0.25, 0.3) is 5.69 Å². The van der Waals surface area contributed by atoms with E-state index in [1.807, 2.05) is 10.8 Å². The summed E-state index contributed by atoms with van der Waals surface area (Å²) in [5, 5.41) is 0. The second-order valence-corrected chi connectivity index (χ2v) is 3.52. The molecule has 0 aliphatic carbocycles. The van der Waals surface area contributed by atoms with Crippen LogP contribution in [-0.2, 0) is 6.42 Å². The number of carbonyl (C=O) groups excluding carboxylic acids is 1. The molecule has 0 bridgehead atoms. The lowest BCUT2D eigenvalue weighted by Gasteiger charge is -2.08. The SMILES string of the molecule is CCCc1nccn1-c1cnccc1C=O. The van der Waals surface area contributed by atoms with Crippen molar-refractivity contribution in [3.05, 3.63) is 42.2 Å². The van der Waals surface area contributed by atoms with Crippen LogP contribution in [0.5, 0.6) is 0 Å². The summed E-state index contributed by atoms with van der Waals surface area (Å²) in [6.07, 6.45) is 9.65. The zero-order valence-electron chi connectivity index (χ0n) is 9.13. The number of hydrogen-bond acceptors (Lipinski definition) is 3. The van der Waals surface area contributed by atoms with Gasteiger partial charge in [-0.15, -0.1) is 0 Å². The average Bonchev–Trinajstić information content (AvgIpc) is 2.77. The molecule has 2 rings (SSSR count). The quantitative estimate of drug-likeness (QED) is 0.733. The van der Waals surface area contributed by atoms with E-state index in [4.69, 9.17) is 0 Å². The Bertz CT molecular complexity index is 491. The highest BCUT2D eigenvalue weighted by atomic mass is 16.1. The van der Waals surface area contributed by atoms with Crippen LogP contribution in [0.4, 0.5) is 0 Å². The summed E-state index contributed by atoms with van der Waals surface area (Å²) in [5.41, 5.74) is 1.42. The van der Waals surface area contributed by atoms with Gasteiger partial charge in [-0.3, -0.25) is 9.78 Å². The monoisotopic (exact) mass is 215 g/mol. The number of carbonyl (C=O) groups is 1. The summed E-state index contributed by atoms with van der Waals surface area (Å²) in [6, 6.07) is 1.71. The van der Waals surface area contributed by atoms with Crippen LogP contribution >= 0.6 is 0 Å². The number of imidazole rings is 1. The minimum atomic E-state index is 0.630. The summed E-state index contributed by atoms with van der Waals surface area (Å²) in [6.45, 7) is 2.10. The number of nitrogens with zero attached hydrogens (tertiary/aromatic N) is 3. The van der Waals surface area contributed by atoms with Gasteiger partial charge >= 0.3 is 0 Å². The smallest absolute Gasteiger partial charge is 0.152 e. The van der Waals surface area contributed by atoms with E-state index in [9.17, 15) is 4.79 Å². The van der Waals surface area contributed by atoms with E-state index in [2.05, 4.69) is 16.9 Å². The van der Waals surface area contributed by atoms with Crippen LogP contribution in [0, 0.1) is 0 Å². The lowest BCUT2D eigenvalue weighted by atomic mass is 10.2. The number of aryl methyl sites for hydroxylation is 1. The highest BCUT2D eigenvalue weighted by Gasteiger charge is 2.07. The van der Waals surface area contributed by atoms with Gasteiger partial charge in [-0.2, -0.15) is 0 Å². The van der Waals surface area contributed by atoms with Crippen LogP contribution in [0.1, 0.15) is 29.5 Å². The van der Waals surface area contributed by atoms with Gasteiger partial charge in [-0.25, -0.2) is 4.98 Å². The van der Waals surface area contributed by atoms with Gasteiger partial charge in [0.2, 0.25) is 0 Å². The van der Waals surface area contributed by atoms with E-state index in [-0.39, 0.29) is 0 Å². The second kappa shape index (κ2) is 4.70. The van der Waals surface area contributed by atoms with Gasteiger partial charge in [0, 0.05) is 30.6 Å². The Kier molecular flexibility index (Phi) is 3.10. The van der Waals surface area contributed by atoms with Crippen molar-refractivity contribution in [1.29, 1.82) is 0 Å². The second-order valence-electron chi connectivity index (χ2n) is 3.52. The average molecular weight is 215 g/mol. The largest absolute Gasteiger partial charge is 0.301 e. The molecule has 2 aromatic heterocycles. The van der Waals surface area contributed by atoms with Gasteiger partial charge < -0.3 is 4.57 Å². The summed E-state index contributed by atoms with van der Waals surface area (Å²) >= 11 is 0. The normalized spacial score (nSPS) is 10.3. The molecule has 0 saturated carbocycles. The Morgan fingerprint density at radius 3 is 3.06 bits per heavy atom. The first-order valence-electron chi connectivity index (χ1n) is 5.28. The molecule has 0 atom stereocenters. The van der Waals surface area contributed by atoms with Crippen molar-refractivity contribution in [1.82, 2.24) is 14.5 Å². The number of hydrogen-bond donors (Lipinski definition) is 0. The Hall–Kier alpha value is -1.97. The van der Waals surface area contributed by atoms with Crippen molar-refractivity contribution in [2.75, 3.05) is 0 Å². The minimum Gasteiger partial charge on any atom is -0.301 e. The fourth-order valence-electron chi connectivity index (χ4n) is 1.66.